The third kappa shape index (κ3) is 4.64. The lowest BCUT2D eigenvalue weighted by Crippen LogP contribution is -2.35. The molecular weight excluding hydrogens is 408 g/mol. The standard InChI is InChI=1S/C26H25ClN2O2/c1-17-5-3-6-22(15-17)26(31)29-14-4-7-20-16-21(10-13-24(20)29)25(30)28-18(2)19-8-11-23(27)12-9-19/h3,5-6,8-13,15-16,18H,4,7,14H2,1-2H3,(H,28,30). The van der Waals surface area contributed by atoms with Gasteiger partial charge in [-0.3, -0.25) is 9.59 Å². The van der Waals surface area contributed by atoms with Gasteiger partial charge in [-0.1, -0.05) is 41.4 Å². The average Bonchev–Trinajstić information content (AvgIpc) is 2.78. The Hall–Kier alpha value is -3.11. The summed E-state index contributed by atoms with van der Waals surface area (Å²) in [5, 5.41) is 3.71. The number of amides is 2. The highest BCUT2D eigenvalue weighted by Gasteiger charge is 2.25. The predicted octanol–water partition coefficient (Wildman–Crippen LogP) is 5.73. The van der Waals surface area contributed by atoms with Crippen LogP contribution in [0.4, 0.5) is 5.69 Å². The number of carbonyl (C=O) groups is 2. The Balaban J connectivity index is 1.53. The van der Waals surface area contributed by atoms with Crippen molar-refractivity contribution >= 4 is 29.1 Å². The van der Waals surface area contributed by atoms with Gasteiger partial charge in [0.15, 0.2) is 0 Å². The Morgan fingerprint density at radius 2 is 1.77 bits per heavy atom. The first kappa shape index (κ1) is 21.1. The number of nitrogens with zero attached hydrogens (tertiary/aromatic N) is 1. The first-order valence-corrected chi connectivity index (χ1v) is 10.9. The molecule has 1 aliphatic heterocycles. The molecular formula is C26H25ClN2O2. The highest BCUT2D eigenvalue weighted by Crippen LogP contribution is 2.30. The second kappa shape index (κ2) is 8.94. The summed E-state index contributed by atoms with van der Waals surface area (Å²) >= 11 is 5.95. The second-order valence-corrected chi connectivity index (χ2v) is 8.46. The van der Waals surface area contributed by atoms with E-state index in [2.05, 4.69) is 5.32 Å². The topological polar surface area (TPSA) is 49.4 Å². The SMILES string of the molecule is Cc1cccc(C(=O)N2CCCc3cc(C(=O)NC(C)c4ccc(Cl)cc4)ccc32)c1. The molecule has 4 rings (SSSR count). The summed E-state index contributed by atoms with van der Waals surface area (Å²) in [6.07, 6.45) is 1.72. The minimum absolute atomic E-state index is 0.00166. The fourth-order valence-corrected chi connectivity index (χ4v) is 4.12. The number of halogens is 1. The van der Waals surface area contributed by atoms with Crippen LogP contribution in [-0.2, 0) is 6.42 Å². The van der Waals surface area contributed by atoms with Gasteiger partial charge >= 0.3 is 0 Å². The maximum absolute atomic E-state index is 13.1. The van der Waals surface area contributed by atoms with Gasteiger partial charge < -0.3 is 10.2 Å². The van der Waals surface area contributed by atoms with E-state index >= 15 is 0 Å². The van der Waals surface area contributed by atoms with Crippen LogP contribution in [0, 0.1) is 6.92 Å². The highest BCUT2D eigenvalue weighted by molar-refractivity contribution is 6.30. The monoisotopic (exact) mass is 432 g/mol. The molecule has 0 fully saturated rings. The molecule has 0 spiro atoms. The lowest BCUT2D eigenvalue weighted by molar-refractivity contribution is 0.0939. The first-order valence-electron chi connectivity index (χ1n) is 10.5. The fourth-order valence-electron chi connectivity index (χ4n) is 4.00. The molecule has 1 atom stereocenters. The molecule has 1 unspecified atom stereocenters. The minimum atomic E-state index is -0.139. The zero-order valence-corrected chi connectivity index (χ0v) is 18.4. The van der Waals surface area contributed by atoms with Crippen LogP contribution >= 0.6 is 11.6 Å². The van der Waals surface area contributed by atoms with Gasteiger partial charge in [-0.2, -0.15) is 0 Å². The van der Waals surface area contributed by atoms with Crippen molar-refractivity contribution in [3.63, 3.8) is 0 Å². The van der Waals surface area contributed by atoms with Crippen LogP contribution in [0.3, 0.4) is 0 Å². The van der Waals surface area contributed by atoms with Crippen molar-refractivity contribution < 1.29 is 9.59 Å². The summed E-state index contributed by atoms with van der Waals surface area (Å²) in [6, 6.07) is 20.6. The molecule has 2 amide bonds. The maximum Gasteiger partial charge on any atom is 0.258 e. The number of hydrogen-bond acceptors (Lipinski definition) is 2. The molecule has 0 aromatic heterocycles. The van der Waals surface area contributed by atoms with Gasteiger partial charge in [-0.05, 0) is 80.3 Å². The first-order chi connectivity index (χ1) is 14.9. The molecule has 5 heteroatoms. The van der Waals surface area contributed by atoms with Crippen LogP contribution in [0.2, 0.25) is 5.02 Å². The average molecular weight is 433 g/mol. The molecule has 0 radical (unpaired) electrons. The summed E-state index contributed by atoms with van der Waals surface area (Å²) in [7, 11) is 0. The fraction of sp³-hybridized carbons (Fsp3) is 0.231. The minimum Gasteiger partial charge on any atom is -0.346 e. The van der Waals surface area contributed by atoms with Gasteiger partial charge in [-0.25, -0.2) is 0 Å². The Morgan fingerprint density at radius 3 is 2.52 bits per heavy atom. The van der Waals surface area contributed by atoms with E-state index in [1.54, 1.807) is 6.07 Å². The van der Waals surface area contributed by atoms with E-state index < -0.39 is 0 Å². The molecule has 1 N–H and O–H groups in total. The number of anilines is 1. The van der Waals surface area contributed by atoms with Gasteiger partial charge in [-0.15, -0.1) is 0 Å². The van der Waals surface area contributed by atoms with Crippen LogP contribution in [0.15, 0.2) is 66.7 Å². The molecule has 0 aliphatic carbocycles. The van der Waals surface area contributed by atoms with Crippen LogP contribution in [-0.4, -0.2) is 18.4 Å². The largest absolute Gasteiger partial charge is 0.346 e. The molecule has 0 bridgehead atoms. The Morgan fingerprint density at radius 1 is 1.00 bits per heavy atom. The van der Waals surface area contributed by atoms with E-state index in [0.29, 0.717) is 22.7 Å². The van der Waals surface area contributed by atoms with Crippen molar-refractivity contribution in [2.75, 3.05) is 11.4 Å². The number of fused-ring (bicyclic) bond motifs is 1. The smallest absolute Gasteiger partial charge is 0.258 e. The zero-order valence-electron chi connectivity index (χ0n) is 17.7. The summed E-state index contributed by atoms with van der Waals surface area (Å²) in [5.74, 6) is -0.134. The van der Waals surface area contributed by atoms with E-state index in [-0.39, 0.29) is 17.9 Å². The quantitative estimate of drug-likeness (QED) is 0.572. The number of nitrogens with one attached hydrogen (secondary N) is 1. The lowest BCUT2D eigenvalue weighted by atomic mass is 9.97. The number of carbonyl (C=O) groups excluding carboxylic acids is 2. The Kier molecular flexibility index (Phi) is 6.10. The predicted molar refractivity (Wildman–Crippen MR) is 125 cm³/mol. The molecule has 0 saturated heterocycles. The van der Waals surface area contributed by atoms with Crippen molar-refractivity contribution in [3.8, 4) is 0 Å². The normalized spacial score (nSPS) is 14.0. The van der Waals surface area contributed by atoms with Crippen molar-refractivity contribution in [2.24, 2.45) is 0 Å². The summed E-state index contributed by atoms with van der Waals surface area (Å²) in [5.41, 5.74) is 5.26. The van der Waals surface area contributed by atoms with Gasteiger partial charge in [0, 0.05) is 28.4 Å². The van der Waals surface area contributed by atoms with Gasteiger partial charge in [0.05, 0.1) is 6.04 Å². The van der Waals surface area contributed by atoms with E-state index in [1.165, 1.54) is 0 Å². The highest BCUT2D eigenvalue weighted by atomic mass is 35.5. The summed E-state index contributed by atoms with van der Waals surface area (Å²) in [4.78, 5) is 27.8. The second-order valence-electron chi connectivity index (χ2n) is 8.02. The molecule has 158 valence electrons. The molecule has 3 aromatic carbocycles. The van der Waals surface area contributed by atoms with E-state index in [4.69, 9.17) is 11.6 Å². The Bertz CT molecular complexity index is 1120. The van der Waals surface area contributed by atoms with Crippen molar-refractivity contribution in [2.45, 2.75) is 32.7 Å². The van der Waals surface area contributed by atoms with E-state index in [1.807, 2.05) is 79.4 Å². The molecule has 1 aliphatic rings. The van der Waals surface area contributed by atoms with Gasteiger partial charge in [0.1, 0.15) is 0 Å². The Labute approximate surface area is 187 Å². The summed E-state index contributed by atoms with van der Waals surface area (Å²) in [6.45, 7) is 4.61. The molecule has 0 saturated carbocycles. The third-order valence-electron chi connectivity index (χ3n) is 5.69. The number of benzene rings is 3. The molecule has 4 nitrogen and oxygen atoms in total. The number of aryl methyl sites for hydroxylation is 2. The maximum atomic E-state index is 13.1. The van der Waals surface area contributed by atoms with Crippen molar-refractivity contribution in [1.82, 2.24) is 5.32 Å². The third-order valence-corrected chi connectivity index (χ3v) is 5.94. The number of rotatable bonds is 4. The molecule has 1 heterocycles. The van der Waals surface area contributed by atoms with Gasteiger partial charge in [0.25, 0.3) is 11.8 Å². The van der Waals surface area contributed by atoms with Crippen molar-refractivity contribution in [1.29, 1.82) is 0 Å². The van der Waals surface area contributed by atoms with E-state index in [0.717, 1.165) is 35.2 Å². The van der Waals surface area contributed by atoms with Crippen LogP contribution in [0.1, 0.15) is 56.8 Å². The molecule has 31 heavy (non-hydrogen) atoms. The summed E-state index contributed by atoms with van der Waals surface area (Å²) < 4.78 is 0. The lowest BCUT2D eigenvalue weighted by Gasteiger charge is -2.30. The van der Waals surface area contributed by atoms with Crippen LogP contribution < -0.4 is 10.2 Å². The zero-order chi connectivity index (χ0) is 22.0. The van der Waals surface area contributed by atoms with Crippen molar-refractivity contribution in [3.05, 3.63) is 99.6 Å². The van der Waals surface area contributed by atoms with Crippen LogP contribution in [0.5, 0.6) is 0 Å². The number of hydrogen-bond donors (Lipinski definition) is 1. The van der Waals surface area contributed by atoms with Gasteiger partial charge in [0.2, 0.25) is 0 Å². The van der Waals surface area contributed by atoms with Crippen LogP contribution in [0.25, 0.3) is 0 Å². The van der Waals surface area contributed by atoms with E-state index in [9.17, 15) is 9.59 Å². The molecule has 3 aromatic rings.